The minimum absolute atomic E-state index is 0.00509. The Morgan fingerprint density at radius 2 is 2.21 bits per heavy atom. The van der Waals surface area contributed by atoms with Crippen molar-refractivity contribution in [1.82, 2.24) is 4.98 Å². The topological polar surface area (TPSA) is 33.2 Å². The predicted octanol–water partition coefficient (Wildman–Crippen LogP) is 2.22. The molecule has 0 aliphatic heterocycles. The SMILES string of the molecule is CN(C(=O)C(C)(C)Br)c1cccnc1. The molecule has 4 heteroatoms. The summed E-state index contributed by atoms with van der Waals surface area (Å²) in [4.78, 5) is 17.4. The standard InChI is InChI=1S/C10H13BrN2O/c1-10(2,11)9(14)13(3)8-5-4-6-12-7-8/h4-7H,1-3H3. The summed E-state index contributed by atoms with van der Waals surface area (Å²) in [6.07, 6.45) is 3.34. The molecule has 0 atom stereocenters. The maximum absolute atomic E-state index is 11.8. The van der Waals surface area contributed by atoms with Crippen LogP contribution in [0.15, 0.2) is 24.5 Å². The van der Waals surface area contributed by atoms with Crippen LogP contribution in [-0.2, 0) is 4.79 Å². The van der Waals surface area contributed by atoms with Crippen LogP contribution < -0.4 is 4.90 Å². The van der Waals surface area contributed by atoms with Gasteiger partial charge in [0.15, 0.2) is 0 Å². The van der Waals surface area contributed by atoms with Crippen molar-refractivity contribution in [3.8, 4) is 0 Å². The molecule has 14 heavy (non-hydrogen) atoms. The number of anilines is 1. The molecule has 0 N–H and O–H groups in total. The fourth-order valence-electron chi connectivity index (χ4n) is 1.07. The van der Waals surface area contributed by atoms with Crippen LogP contribution in [0.1, 0.15) is 13.8 Å². The third-order valence-corrected chi connectivity index (χ3v) is 2.19. The van der Waals surface area contributed by atoms with Gasteiger partial charge in [0.2, 0.25) is 5.91 Å². The molecule has 1 aromatic heterocycles. The second-order valence-corrected chi connectivity index (χ2v) is 5.53. The first kappa shape index (κ1) is 11.2. The Bertz CT molecular complexity index is 319. The molecule has 0 spiro atoms. The number of carbonyl (C=O) groups is 1. The molecule has 0 radical (unpaired) electrons. The van der Waals surface area contributed by atoms with Gasteiger partial charge in [-0.25, -0.2) is 0 Å². The molecule has 3 nitrogen and oxygen atoms in total. The number of alkyl halides is 1. The lowest BCUT2D eigenvalue weighted by atomic mass is 10.2. The third kappa shape index (κ3) is 2.54. The first-order valence-electron chi connectivity index (χ1n) is 4.30. The van der Waals surface area contributed by atoms with Gasteiger partial charge in [-0.1, -0.05) is 15.9 Å². The summed E-state index contributed by atoms with van der Waals surface area (Å²) in [6, 6.07) is 3.66. The number of carbonyl (C=O) groups excluding carboxylic acids is 1. The number of aromatic nitrogens is 1. The molecule has 0 aliphatic rings. The van der Waals surface area contributed by atoms with Gasteiger partial charge >= 0.3 is 0 Å². The van der Waals surface area contributed by atoms with Crippen molar-refractivity contribution in [1.29, 1.82) is 0 Å². The van der Waals surface area contributed by atoms with Crippen molar-refractivity contribution < 1.29 is 4.79 Å². The quantitative estimate of drug-likeness (QED) is 0.761. The zero-order valence-corrected chi connectivity index (χ0v) is 10.1. The van der Waals surface area contributed by atoms with Crippen LogP contribution in [0.25, 0.3) is 0 Å². The van der Waals surface area contributed by atoms with Gasteiger partial charge in [0.25, 0.3) is 0 Å². The molecule has 76 valence electrons. The number of hydrogen-bond donors (Lipinski definition) is 0. The first-order chi connectivity index (χ1) is 6.43. The lowest BCUT2D eigenvalue weighted by molar-refractivity contribution is -0.119. The first-order valence-corrected chi connectivity index (χ1v) is 5.09. The molecular formula is C10H13BrN2O. The summed E-state index contributed by atoms with van der Waals surface area (Å²) >= 11 is 3.33. The molecule has 0 aliphatic carbocycles. The predicted molar refractivity (Wildman–Crippen MR) is 60.7 cm³/mol. The number of pyridine rings is 1. The maximum atomic E-state index is 11.8. The van der Waals surface area contributed by atoms with E-state index < -0.39 is 4.32 Å². The van der Waals surface area contributed by atoms with Crippen molar-refractivity contribution in [3.63, 3.8) is 0 Å². The van der Waals surface area contributed by atoms with Crippen molar-refractivity contribution in [2.75, 3.05) is 11.9 Å². The van der Waals surface area contributed by atoms with E-state index in [1.54, 1.807) is 30.4 Å². The summed E-state index contributed by atoms with van der Waals surface area (Å²) in [5, 5.41) is 0. The van der Waals surface area contributed by atoms with E-state index >= 15 is 0 Å². The van der Waals surface area contributed by atoms with Gasteiger partial charge in [-0.15, -0.1) is 0 Å². The molecule has 0 saturated heterocycles. The summed E-state index contributed by atoms with van der Waals surface area (Å²) in [6.45, 7) is 3.64. The van der Waals surface area contributed by atoms with E-state index in [1.807, 2.05) is 19.9 Å². The molecule has 1 amide bonds. The Kier molecular flexibility index (Phi) is 3.26. The average molecular weight is 257 g/mol. The minimum atomic E-state index is -0.544. The summed E-state index contributed by atoms with van der Waals surface area (Å²) in [5.41, 5.74) is 0.796. The normalized spacial score (nSPS) is 11.1. The van der Waals surface area contributed by atoms with Crippen molar-refractivity contribution in [2.45, 2.75) is 18.2 Å². The van der Waals surface area contributed by atoms with Gasteiger partial charge in [-0.3, -0.25) is 9.78 Å². The maximum Gasteiger partial charge on any atom is 0.243 e. The Hall–Kier alpha value is -0.900. The lowest BCUT2D eigenvalue weighted by Crippen LogP contribution is -2.39. The molecule has 1 rings (SSSR count). The largest absolute Gasteiger partial charge is 0.313 e. The van der Waals surface area contributed by atoms with Gasteiger partial charge in [-0.2, -0.15) is 0 Å². The van der Waals surface area contributed by atoms with E-state index in [9.17, 15) is 4.79 Å². The van der Waals surface area contributed by atoms with Gasteiger partial charge in [0, 0.05) is 13.2 Å². The van der Waals surface area contributed by atoms with E-state index in [0.717, 1.165) is 5.69 Å². The summed E-state index contributed by atoms with van der Waals surface area (Å²) in [5.74, 6) is 0.00509. The zero-order valence-electron chi connectivity index (χ0n) is 8.49. The Morgan fingerprint density at radius 1 is 1.57 bits per heavy atom. The van der Waals surface area contributed by atoms with Crippen molar-refractivity contribution in [3.05, 3.63) is 24.5 Å². The number of amides is 1. The highest BCUT2D eigenvalue weighted by Crippen LogP contribution is 2.21. The van der Waals surface area contributed by atoms with Gasteiger partial charge in [0.05, 0.1) is 16.2 Å². The van der Waals surface area contributed by atoms with E-state index in [1.165, 1.54) is 0 Å². The van der Waals surface area contributed by atoms with Crippen LogP contribution in [0.3, 0.4) is 0 Å². The molecule has 1 heterocycles. The van der Waals surface area contributed by atoms with E-state index in [-0.39, 0.29) is 5.91 Å². The molecule has 0 fully saturated rings. The van der Waals surface area contributed by atoms with Gasteiger partial charge in [-0.05, 0) is 26.0 Å². The van der Waals surface area contributed by atoms with Gasteiger partial charge in [0.1, 0.15) is 0 Å². The highest BCUT2D eigenvalue weighted by molar-refractivity contribution is 9.10. The molecule has 1 aromatic rings. The van der Waals surface area contributed by atoms with Crippen molar-refractivity contribution in [2.24, 2.45) is 0 Å². The molecule has 0 unspecified atom stereocenters. The molecule has 0 saturated carbocycles. The highest BCUT2D eigenvalue weighted by Gasteiger charge is 2.27. The second kappa shape index (κ2) is 4.09. The highest BCUT2D eigenvalue weighted by atomic mass is 79.9. The lowest BCUT2D eigenvalue weighted by Gasteiger charge is -2.24. The van der Waals surface area contributed by atoms with Crippen molar-refractivity contribution >= 4 is 27.5 Å². The molecular weight excluding hydrogens is 244 g/mol. The fourth-order valence-corrected chi connectivity index (χ4v) is 1.33. The van der Waals surface area contributed by atoms with E-state index in [4.69, 9.17) is 0 Å². The fraction of sp³-hybridized carbons (Fsp3) is 0.400. The van der Waals surface area contributed by atoms with Crippen LogP contribution in [0.5, 0.6) is 0 Å². The van der Waals surface area contributed by atoms with Crippen LogP contribution in [0.2, 0.25) is 0 Å². The monoisotopic (exact) mass is 256 g/mol. The van der Waals surface area contributed by atoms with Crippen LogP contribution >= 0.6 is 15.9 Å². The van der Waals surface area contributed by atoms with Crippen LogP contribution in [-0.4, -0.2) is 22.3 Å². The third-order valence-electron chi connectivity index (χ3n) is 1.85. The Balaban J connectivity index is 2.87. The molecule has 0 bridgehead atoms. The second-order valence-electron chi connectivity index (χ2n) is 3.55. The van der Waals surface area contributed by atoms with Crippen LogP contribution in [0.4, 0.5) is 5.69 Å². The minimum Gasteiger partial charge on any atom is -0.313 e. The smallest absolute Gasteiger partial charge is 0.243 e. The van der Waals surface area contributed by atoms with E-state index in [0.29, 0.717) is 0 Å². The number of hydrogen-bond acceptors (Lipinski definition) is 2. The van der Waals surface area contributed by atoms with E-state index in [2.05, 4.69) is 20.9 Å². The summed E-state index contributed by atoms with van der Waals surface area (Å²) < 4.78 is -0.544. The van der Waals surface area contributed by atoms with Gasteiger partial charge < -0.3 is 4.90 Å². The molecule has 0 aromatic carbocycles. The summed E-state index contributed by atoms with van der Waals surface area (Å²) in [7, 11) is 1.74. The van der Waals surface area contributed by atoms with Crippen LogP contribution in [0, 0.1) is 0 Å². The average Bonchev–Trinajstić information content (AvgIpc) is 2.15. The Morgan fingerprint density at radius 3 is 2.64 bits per heavy atom. The number of halogens is 1. The Labute approximate surface area is 92.3 Å². The number of rotatable bonds is 2. The zero-order chi connectivity index (χ0) is 10.8. The number of nitrogens with zero attached hydrogens (tertiary/aromatic N) is 2.